The molecular weight excluding hydrogens is 274 g/mol. The molecular formula is C11H8BrNO3. The van der Waals surface area contributed by atoms with Crippen molar-refractivity contribution in [2.24, 2.45) is 0 Å². The Labute approximate surface area is 100 Å². The SMILES string of the molecule is Cc1cc(Br)ccc1-c1cc(C(=O)O)no1. The number of halogens is 1. The number of carboxylic acid groups (broad SMARTS) is 1. The molecule has 1 heterocycles. The number of carbonyl (C=O) groups is 1. The molecule has 1 N–H and O–H groups in total. The second-order valence-electron chi connectivity index (χ2n) is 3.34. The quantitative estimate of drug-likeness (QED) is 0.919. The lowest BCUT2D eigenvalue weighted by Crippen LogP contribution is -1.94. The van der Waals surface area contributed by atoms with Crippen LogP contribution in [0.4, 0.5) is 0 Å². The smallest absolute Gasteiger partial charge is 0.358 e. The Balaban J connectivity index is 2.46. The number of hydrogen-bond donors (Lipinski definition) is 1. The van der Waals surface area contributed by atoms with Gasteiger partial charge in [-0.1, -0.05) is 21.1 Å². The largest absolute Gasteiger partial charge is 0.476 e. The van der Waals surface area contributed by atoms with Crippen LogP contribution in [0.25, 0.3) is 11.3 Å². The van der Waals surface area contributed by atoms with Crippen LogP contribution < -0.4 is 0 Å². The molecule has 1 aromatic heterocycles. The number of nitrogens with zero attached hydrogens (tertiary/aromatic N) is 1. The zero-order valence-electron chi connectivity index (χ0n) is 8.40. The fourth-order valence-corrected chi connectivity index (χ4v) is 1.88. The van der Waals surface area contributed by atoms with Crippen molar-refractivity contribution in [2.75, 3.05) is 0 Å². The summed E-state index contributed by atoms with van der Waals surface area (Å²) in [6.07, 6.45) is 0. The molecule has 16 heavy (non-hydrogen) atoms. The number of aromatic nitrogens is 1. The van der Waals surface area contributed by atoms with Gasteiger partial charge in [-0.05, 0) is 30.7 Å². The molecule has 0 aliphatic heterocycles. The van der Waals surface area contributed by atoms with E-state index in [-0.39, 0.29) is 5.69 Å². The maximum absolute atomic E-state index is 10.7. The first-order valence-electron chi connectivity index (χ1n) is 4.54. The van der Waals surface area contributed by atoms with Crippen LogP contribution in [0.3, 0.4) is 0 Å². The molecule has 1 aromatic carbocycles. The highest BCUT2D eigenvalue weighted by molar-refractivity contribution is 9.10. The van der Waals surface area contributed by atoms with Gasteiger partial charge >= 0.3 is 5.97 Å². The fourth-order valence-electron chi connectivity index (χ4n) is 1.41. The maximum atomic E-state index is 10.7. The highest BCUT2D eigenvalue weighted by atomic mass is 79.9. The summed E-state index contributed by atoms with van der Waals surface area (Å²) in [7, 11) is 0. The summed E-state index contributed by atoms with van der Waals surface area (Å²) in [5.41, 5.74) is 1.74. The van der Waals surface area contributed by atoms with Gasteiger partial charge in [0, 0.05) is 16.1 Å². The lowest BCUT2D eigenvalue weighted by atomic mass is 10.1. The highest BCUT2D eigenvalue weighted by Crippen LogP contribution is 2.26. The lowest BCUT2D eigenvalue weighted by molar-refractivity contribution is 0.0686. The molecule has 0 saturated heterocycles. The van der Waals surface area contributed by atoms with Crippen molar-refractivity contribution in [1.82, 2.24) is 5.16 Å². The molecule has 0 fully saturated rings. The van der Waals surface area contributed by atoms with E-state index in [0.29, 0.717) is 5.76 Å². The molecule has 4 nitrogen and oxygen atoms in total. The van der Waals surface area contributed by atoms with Crippen LogP contribution in [0.15, 0.2) is 33.3 Å². The van der Waals surface area contributed by atoms with Crippen LogP contribution in [0, 0.1) is 6.92 Å². The predicted molar refractivity (Wildman–Crippen MR) is 61.3 cm³/mol. The van der Waals surface area contributed by atoms with Crippen LogP contribution in [0.2, 0.25) is 0 Å². The summed E-state index contributed by atoms with van der Waals surface area (Å²) in [5, 5.41) is 12.2. The molecule has 0 unspecified atom stereocenters. The number of carboxylic acids is 1. The maximum Gasteiger partial charge on any atom is 0.358 e. The van der Waals surface area contributed by atoms with E-state index in [1.807, 2.05) is 25.1 Å². The Morgan fingerprint density at radius 3 is 2.75 bits per heavy atom. The van der Waals surface area contributed by atoms with Gasteiger partial charge in [-0.25, -0.2) is 4.79 Å². The molecule has 0 spiro atoms. The molecule has 2 rings (SSSR count). The minimum Gasteiger partial charge on any atom is -0.476 e. The fraction of sp³-hybridized carbons (Fsp3) is 0.0909. The van der Waals surface area contributed by atoms with Crippen molar-refractivity contribution < 1.29 is 14.4 Å². The third-order valence-corrected chi connectivity index (χ3v) is 2.68. The van der Waals surface area contributed by atoms with Crippen LogP contribution in [0.1, 0.15) is 16.1 Å². The average Bonchev–Trinajstić information content (AvgIpc) is 2.66. The van der Waals surface area contributed by atoms with E-state index < -0.39 is 5.97 Å². The van der Waals surface area contributed by atoms with Crippen LogP contribution in [0.5, 0.6) is 0 Å². The summed E-state index contributed by atoms with van der Waals surface area (Å²) in [4.78, 5) is 10.7. The zero-order valence-corrected chi connectivity index (χ0v) is 9.98. The standard InChI is InChI=1S/C11H8BrNO3/c1-6-4-7(12)2-3-8(6)10-5-9(11(14)15)13-16-10/h2-5H,1H3,(H,14,15). The van der Waals surface area contributed by atoms with Crippen molar-refractivity contribution in [1.29, 1.82) is 0 Å². The summed E-state index contributed by atoms with van der Waals surface area (Å²) < 4.78 is 5.95. The molecule has 2 aromatic rings. The number of hydrogen-bond acceptors (Lipinski definition) is 3. The number of aromatic carboxylic acids is 1. The molecule has 0 bridgehead atoms. The molecule has 0 aliphatic rings. The highest BCUT2D eigenvalue weighted by Gasteiger charge is 2.13. The molecule has 0 aliphatic carbocycles. The molecule has 0 radical (unpaired) electrons. The van der Waals surface area contributed by atoms with Crippen molar-refractivity contribution in [2.45, 2.75) is 6.92 Å². The van der Waals surface area contributed by atoms with E-state index >= 15 is 0 Å². The van der Waals surface area contributed by atoms with E-state index in [9.17, 15) is 4.79 Å². The van der Waals surface area contributed by atoms with Crippen molar-refractivity contribution >= 4 is 21.9 Å². The summed E-state index contributed by atoms with van der Waals surface area (Å²) in [5.74, 6) is -0.632. The topological polar surface area (TPSA) is 63.3 Å². The minimum absolute atomic E-state index is 0.0858. The zero-order chi connectivity index (χ0) is 11.7. The molecule has 0 atom stereocenters. The first-order valence-corrected chi connectivity index (χ1v) is 5.34. The van der Waals surface area contributed by atoms with Gasteiger partial charge in [-0.3, -0.25) is 0 Å². The van der Waals surface area contributed by atoms with Crippen molar-refractivity contribution in [3.63, 3.8) is 0 Å². The lowest BCUT2D eigenvalue weighted by Gasteiger charge is -2.01. The van der Waals surface area contributed by atoms with Gasteiger partial charge in [0.2, 0.25) is 0 Å². The van der Waals surface area contributed by atoms with Gasteiger partial charge < -0.3 is 9.63 Å². The van der Waals surface area contributed by atoms with Crippen LogP contribution in [-0.2, 0) is 0 Å². The van der Waals surface area contributed by atoms with Crippen LogP contribution >= 0.6 is 15.9 Å². The Kier molecular flexibility index (Phi) is 2.78. The summed E-state index contributed by atoms with van der Waals surface area (Å²) in [6.45, 7) is 1.92. The number of benzene rings is 1. The van der Waals surface area contributed by atoms with Gasteiger partial charge in [0.15, 0.2) is 11.5 Å². The van der Waals surface area contributed by atoms with Gasteiger partial charge in [-0.15, -0.1) is 0 Å². The Morgan fingerprint density at radius 1 is 1.44 bits per heavy atom. The monoisotopic (exact) mass is 281 g/mol. The average molecular weight is 282 g/mol. The Bertz CT molecular complexity index is 548. The van der Waals surface area contributed by atoms with Crippen LogP contribution in [-0.4, -0.2) is 16.2 Å². The minimum atomic E-state index is -1.09. The van der Waals surface area contributed by atoms with Gasteiger partial charge in [-0.2, -0.15) is 0 Å². The summed E-state index contributed by atoms with van der Waals surface area (Å²) in [6, 6.07) is 7.06. The number of rotatable bonds is 2. The molecule has 5 heteroatoms. The number of aryl methyl sites for hydroxylation is 1. The van der Waals surface area contributed by atoms with E-state index in [1.54, 1.807) is 0 Å². The third-order valence-electron chi connectivity index (χ3n) is 2.18. The third kappa shape index (κ3) is 1.99. The van der Waals surface area contributed by atoms with E-state index in [0.717, 1.165) is 15.6 Å². The van der Waals surface area contributed by atoms with E-state index in [4.69, 9.17) is 9.63 Å². The first-order chi connectivity index (χ1) is 7.58. The van der Waals surface area contributed by atoms with Gasteiger partial charge in [0.25, 0.3) is 0 Å². The molecule has 82 valence electrons. The summed E-state index contributed by atoms with van der Waals surface area (Å²) >= 11 is 3.36. The second-order valence-corrected chi connectivity index (χ2v) is 4.26. The van der Waals surface area contributed by atoms with E-state index in [1.165, 1.54) is 6.07 Å². The van der Waals surface area contributed by atoms with Gasteiger partial charge in [0.05, 0.1) is 0 Å². The van der Waals surface area contributed by atoms with E-state index in [2.05, 4.69) is 21.1 Å². The van der Waals surface area contributed by atoms with Crippen molar-refractivity contribution in [3.8, 4) is 11.3 Å². The van der Waals surface area contributed by atoms with Gasteiger partial charge in [0.1, 0.15) is 0 Å². The Morgan fingerprint density at radius 2 is 2.19 bits per heavy atom. The normalized spacial score (nSPS) is 10.4. The second kappa shape index (κ2) is 4.09. The molecule has 0 amide bonds. The first kappa shape index (κ1) is 10.9. The predicted octanol–water partition coefficient (Wildman–Crippen LogP) is 3.11. The molecule has 0 saturated carbocycles. The van der Waals surface area contributed by atoms with Crippen molar-refractivity contribution in [3.05, 3.63) is 40.0 Å². The Hall–Kier alpha value is -1.62.